The van der Waals surface area contributed by atoms with E-state index in [0.29, 0.717) is 0 Å². The normalized spacial score (nSPS) is 15.1. The summed E-state index contributed by atoms with van der Waals surface area (Å²) in [7, 11) is 0. The molecule has 40 heavy (non-hydrogen) atoms. The van der Waals surface area contributed by atoms with Crippen molar-refractivity contribution in [2.75, 3.05) is 0 Å². The molecule has 6 aromatic rings. The van der Waals surface area contributed by atoms with Crippen molar-refractivity contribution in [2.45, 2.75) is 23.7 Å². The highest BCUT2D eigenvalue weighted by Crippen LogP contribution is 2.61. The van der Waals surface area contributed by atoms with Crippen LogP contribution in [0.15, 0.2) is 158 Å². The summed E-state index contributed by atoms with van der Waals surface area (Å²) in [6.07, 6.45) is 0. The Kier molecular flexibility index (Phi) is 5.52. The summed E-state index contributed by atoms with van der Waals surface area (Å²) in [4.78, 5) is 0. The van der Waals surface area contributed by atoms with Gasteiger partial charge in [-0.25, -0.2) is 0 Å². The number of hydrogen-bond acceptors (Lipinski definition) is 0. The molecule has 8 rings (SSSR count). The van der Waals surface area contributed by atoms with Gasteiger partial charge in [-0.2, -0.15) is 0 Å². The van der Waals surface area contributed by atoms with Gasteiger partial charge in [-0.15, -0.1) is 0 Å². The molecule has 0 saturated carbocycles. The first kappa shape index (κ1) is 23.2. The van der Waals surface area contributed by atoms with Gasteiger partial charge >= 0.3 is 0 Å². The van der Waals surface area contributed by atoms with Crippen LogP contribution in [0.1, 0.15) is 57.1 Å². The van der Waals surface area contributed by atoms with E-state index < -0.39 is 0 Å². The van der Waals surface area contributed by atoms with Crippen LogP contribution < -0.4 is 0 Å². The fraction of sp³-hybridized carbons (Fsp3) is 0.100. The SMILES string of the molecule is c1ccc(C(C2c3ccccc3-c3ccccc32)C(c2ccccc2)C2c3ccccc3-c3ccccc32)cc1. The number of benzene rings is 6. The molecule has 0 bridgehead atoms. The van der Waals surface area contributed by atoms with Gasteiger partial charge in [-0.3, -0.25) is 0 Å². The smallest absolute Gasteiger partial charge is 0.0177 e. The lowest BCUT2D eigenvalue weighted by Crippen LogP contribution is -2.24. The van der Waals surface area contributed by atoms with Crippen molar-refractivity contribution in [2.24, 2.45) is 0 Å². The molecule has 2 unspecified atom stereocenters. The predicted molar refractivity (Wildman–Crippen MR) is 166 cm³/mol. The summed E-state index contributed by atoms with van der Waals surface area (Å²) in [6.45, 7) is 0. The third kappa shape index (κ3) is 3.53. The topological polar surface area (TPSA) is 0 Å². The zero-order valence-corrected chi connectivity index (χ0v) is 22.3. The third-order valence-electron chi connectivity index (χ3n) is 9.24. The fourth-order valence-electron chi connectivity index (χ4n) is 7.73. The minimum absolute atomic E-state index is 0.234. The van der Waals surface area contributed by atoms with Gasteiger partial charge in [-0.05, 0) is 55.6 Å². The summed E-state index contributed by atoms with van der Waals surface area (Å²) in [5, 5.41) is 0. The van der Waals surface area contributed by atoms with Gasteiger partial charge in [0.05, 0.1) is 0 Å². The van der Waals surface area contributed by atoms with Crippen LogP contribution >= 0.6 is 0 Å². The summed E-state index contributed by atoms with van der Waals surface area (Å²) in [5.41, 5.74) is 14.1. The van der Waals surface area contributed by atoms with Crippen LogP contribution in [0.3, 0.4) is 0 Å². The van der Waals surface area contributed by atoms with Gasteiger partial charge in [-0.1, -0.05) is 158 Å². The number of rotatable bonds is 5. The van der Waals surface area contributed by atoms with Crippen molar-refractivity contribution in [3.63, 3.8) is 0 Å². The average Bonchev–Trinajstić information content (AvgIpc) is 3.54. The Labute approximate surface area is 236 Å². The monoisotopic (exact) mass is 510 g/mol. The van der Waals surface area contributed by atoms with Crippen molar-refractivity contribution in [1.82, 2.24) is 0 Å². The average molecular weight is 511 g/mol. The molecule has 2 atom stereocenters. The molecule has 0 fully saturated rings. The Morgan fingerprint density at radius 3 is 0.825 bits per heavy atom. The summed E-state index contributed by atoms with van der Waals surface area (Å²) in [6, 6.07) is 59.0. The molecule has 2 aliphatic rings. The molecule has 0 radical (unpaired) electrons. The lowest BCUT2D eigenvalue weighted by molar-refractivity contribution is 0.458. The molecule has 0 N–H and O–H groups in total. The lowest BCUT2D eigenvalue weighted by atomic mass is 9.64. The highest BCUT2D eigenvalue weighted by Gasteiger charge is 2.45. The van der Waals surface area contributed by atoms with E-state index in [0.717, 1.165) is 0 Å². The first-order chi connectivity index (χ1) is 19.9. The third-order valence-corrected chi connectivity index (χ3v) is 9.24. The van der Waals surface area contributed by atoms with E-state index in [9.17, 15) is 0 Å². The zero-order valence-electron chi connectivity index (χ0n) is 22.3. The molecule has 0 saturated heterocycles. The Balaban J connectivity index is 1.44. The lowest BCUT2D eigenvalue weighted by Gasteiger charge is -2.38. The zero-order chi connectivity index (χ0) is 26.5. The van der Waals surface area contributed by atoms with Crippen LogP contribution in [0, 0.1) is 0 Å². The second kappa shape index (κ2) is 9.50. The maximum absolute atomic E-state index is 2.37. The van der Waals surface area contributed by atoms with Crippen molar-refractivity contribution in [3.05, 3.63) is 191 Å². The van der Waals surface area contributed by atoms with Crippen LogP contribution in [-0.4, -0.2) is 0 Å². The quantitative estimate of drug-likeness (QED) is 0.216. The van der Waals surface area contributed by atoms with E-state index in [2.05, 4.69) is 158 Å². The minimum Gasteiger partial charge on any atom is -0.0622 e. The van der Waals surface area contributed by atoms with Crippen LogP contribution in [0.25, 0.3) is 22.3 Å². The van der Waals surface area contributed by atoms with Crippen molar-refractivity contribution in [1.29, 1.82) is 0 Å². The van der Waals surface area contributed by atoms with Crippen molar-refractivity contribution >= 4 is 0 Å². The van der Waals surface area contributed by atoms with E-state index in [1.54, 1.807) is 0 Å². The Morgan fingerprint density at radius 1 is 0.275 bits per heavy atom. The van der Waals surface area contributed by atoms with E-state index in [1.165, 1.54) is 55.6 Å². The van der Waals surface area contributed by atoms with Crippen LogP contribution in [0.4, 0.5) is 0 Å². The second-order valence-electron chi connectivity index (χ2n) is 11.2. The van der Waals surface area contributed by atoms with Crippen LogP contribution in [0.5, 0.6) is 0 Å². The van der Waals surface area contributed by atoms with Crippen LogP contribution in [0.2, 0.25) is 0 Å². The van der Waals surface area contributed by atoms with Crippen molar-refractivity contribution < 1.29 is 0 Å². The molecule has 0 nitrogen and oxygen atoms in total. The molecule has 0 spiro atoms. The van der Waals surface area contributed by atoms with E-state index in [1.807, 2.05) is 0 Å². The molecule has 0 aliphatic heterocycles. The molecule has 0 heteroatoms. The number of hydrogen-bond donors (Lipinski definition) is 0. The van der Waals surface area contributed by atoms with Gasteiger partial charge in [0.25, 0.3) is 0 Å². The van der Waals surface area contributed by atoms with Gasteiger partial charge in [0.2, 0.25) is 0 Å². The predicted octanol–water partition coefficient (Wildman–Crippen LogP) is 10.2. The molecular formula is C40H30. The fourth-order valence-corrected chi connectivity index (χ4v) is 7.73. The van der Waals surface area contributed by atoms with E-state index >= 15 is 0 Å². The Bertz CT molecular complexity index is 1590. The summed E-state index contributed by atoms with van der Waals surface area (Å²) >= 11 is 0. The van der Waals surface area contributed by atoms with E-state index in [4.69, 9.17) is 0 Å². The Hall–Kier alpha value is -4.68. The highest BCUT2D eigenvalue weighted by molar-refractivity contribution is 5.81. The highest BCUT2D eigenvalue weighted by atomic mass is 14.5. The second-order valence-corrected chi connectivity index (χ2v) is 11.2. The molecule has 2 aliphatic carbocycles. The summed E-state index contributed by atoms with van der Waals surface area (Å²) < 4.78 is 0. The summed E-state index contributed by atoms with van der Waals surface area (Å²) in [5.74, 6) is 0.968. The maximum atomic E-state index is 2.37. The number of fused-ring (bicyclic) bond motifs is 6. The molecule has 0 heterocycles. The first-order valence-corrected chi connectivity index (χ1v) is 14.4. The first-order valence-electron chi connectivity index (χ1n) is 14.4. The largest absolute Gasteiger partial charge is 0.0622 e. The molecular weight excluding hydrogens is 480 g/mol. The molecule has 6 aromatic carbocycles. The molecule has 0 aromatic heterocycles. The van der Waals surface area contributed by atoms with Gasteiger partial charge in [0, 0.05) is 23.7 Å². The van der Waals surface area contributed by atoms with E-state index in [-0.39, 0.29) is 23.7 Å². The standard InChI is InChI=1S/C40H30/c1-3-15-27(16-4-1)37(39-33-23-11-7-19-29(33)30-20-8-12-24-34(30)39)38(28-17-5-2-6-18-28)40-35-25-13-9-21-31(35)32-22-10-14-26-36(32)40/h1-26,37-40H. The van der Waals surface area contributed by atoms with Crippen LogP contribution in [-0.2, 0) is 0 Å². The Morgan fingerprint density at radius 2 is 0.525 bits per heavy atom. The van der Waals surface area contributed by atoms with Gasteiger partial charge in [0.15, 0.2) is 0 Å². The minimum atomic E-state index is 0.234. The molecule has 0 amide bonds. The van der Waals surface area contributed by atoms with Gasteiger partial charge < -0.3 is 0 Å². The van der Waals surface area contributed by atoms with Gasteiger partial charge in [0.1, 0.15) is 0 Å². The molecule has 190 valence electrons. The van der Waals surface area contributed by atoms with Crippen molar-refractivity contribution in [3.8, 4) is 22.3 Å². The maximum Gasteiger partial charge on any atom is 0.0177 e.